The molecule has 0 saturated heterocycles. The topological polar surface area (TPSA) is 57.6 Å². The molecule has 1 N–H and O–H groups in total. The van der Waals surface area contributed by atoms with E-state index in [4.69, 9.17) is 5.11 Å². The Bertz CT molecular complexity index is 522. The molecule has 20 heavy (non-hydrogen) atoms. The Labute approximate surface area is 117 Å². The van der Waals surface area contributed by atoms with Gasteiger partial charge in [0.05, 0.1) is 4.88 Å². The summed E-state index contributed by atoms with van der Waals surface area (Å²) in [4.78, 5) is 23.6. The first-order chi connectivity index (χ1) is 9.23. The summed E-state index contributed by atoms with van der Waals surface area (Å²) < 4.78 is 37.0. The van der Waals surface area contributed by atoms with Crippen molar-refractivity contribution in [2.24, 2.45) is 0 Å². The molecule has 1 heterocycles. The molecule has 0 spiro atoms. The van der Waals surface area contributed by atoms with Gasteiger partial charge in [0.1, 0.15) is 6.54 Å². The number of carboxylic acid groups (broad SMARTS) is 1. The van der Waals surface area contributed by atoms with Crippen LogP contribution >= 0.6 is 11.3 Å². The van der Waals surface area contributed by atoms with Crippen LogP contribution in [-0.2, 0) is 4.79 Å². The van der Waals surface area contributed by atoms with Gasteiger partial charge in [-0.1, -0.05) is 0 Å². The number of nitrogens with zero attached hydrogens (tertiary/aromatic N) is 1. The van der Waals surface area contributed by atoms with Gasteiger partial charge in [-0.2, -0.15) is 13.2 Å². The molecular formula is C12H12F3NO3S. The second kappa shape index (κ2) is 6.56. The Morgan fingerprint density at radius 2 is 2.05 bits per heavy atom. The summed E-state index contributed by atoms with van der Waals surface area (Å²) in [5.41, 5.74) is 0. The highest BCUT2D eigenvalue weighted by Crippen LogP contribution is 2.22. The third-order valence-corrected chi connectivity index (χ3v) is 3.31. The highest BCUT2D eigenvalue weighted by molar-refractivity contribution is 7.14. The lowest BCUT2D eigenvalue weighted by Crippen LogP contribution is -2.38. The second-order valence-corrected chi connectivity index (χ2v) is 4.92. The van der Waals surface area contributed by atoms with Gasteiger partial charge in [0.2, 0.25) is 0 Å². The minimum absolute atomic E-state index is 0.0590. The van der Waals surface area contributed by atoms with Crippen molar-refractivity contribution in [2.75, 3.05) is 13.1 Å². The van der Waals surface area contributed by atoms with Crippen LogP contribution in [-0.4, -0.2) is 41.1 Å². The summed E-state index contributed by atoms with van der Waals surface area (Å²) in [5, 5.41) is 8.46. The van der Waals surface area contributed by atoms with Gasteiger partial charge in [-0.15, -0.1) is 11.3 Å². The summed E-state index contributed by atoms with van der Waals surface area (Å²) in [7, 11) is 0. The van der Waals surface area contributed by atoms with Crippen molar-refractivity contribution < 1.29 is 27.9 Å². The van der Waals surface area contributed by atoms with Crippen molar-refractivity contribution in [1.29, 1.82) is 0 Å². The average Bonchev–Trinajstić information content (AvgIpc) is 2.80. The Hall–Kier alpha value is -1.83. The van der Waals surface area contributed by atoms with Gasteiger partial charge in [0, 0.05) is 17.5 Å². The van der Waals surface area contributed by atoms with Gasteiger partial charge in [-0.3, -0.25) is 4.79 Å². The Balaban J connectivity index is 2.83. The third-order valence-electron chi connectivity index (χ3n) is 2.27. The van der Waals surface area contributed by atoms with Crippen LogP contribution in [0.1, 0.15) is 21.5 Å². The Kier molecular flexibility index (Phi) is 5.32. The molecule has 0 unspecified atom stereocenters. The molecule has 0 atom stereocenters. The number of carboxylic acids is 1. The lowest BCUT2D eigenvalue weighted by molar-refractivity contribution is -0.140. The van der Waals surface area contributed by atoms with E-state index in [2.05, 4.69) is 0 Å². The van der Waals surface area contributed by atoms with Crippen molar-refractivity contribution >= 4 is 29.3 Å². The molecule has 4 nitrogen and oxygen atoms in total. The lowest BCUT2D eigenvalue weighted by Gasteiger charge is -2.21. The first-order valence-corrected chi connectivity index (χ1v) is 6.41. The summed E-state index contributed by atoms with van der Waals surface area (Å²) in [6, 6.07) is 2.87. The molecule has 1 amide bonds. The van der Waals surface area contributed by atoms with Crippen molar-refractivity contribution in [3.63, 3.8) is 0 Å². The molecule has 0 fully saturated rings. The number of halogens is 3. The number of carbonyl (C=O) groups excluding carboxylic acids is 1. The number of alkyl halides is 3. The number of thiophene rings is 1. The van der Waals surface area contributed by atoms with E-state index < -0.39 is 24.6 Å². The minimum Gasteiger partial charge on any atom is -0.478 e. The quantitative estimate of drug-likeness (QED) is 0.851. The Morgan fingerprint density at radius 3 is 2.55 bits per heavy atom. The number of carbonyl (C=O) groups is 2. The SMILES string of the molecule is CCN(CC(F)(F)F)C(=O)c1ccc(C=CC(=O)O)s1. The number of aliphatic carboxylic acids is 1. The molecular weight excluding hydrogens is 295 g/mol. The van der Waals surface area contributed by atoms with Gasteiger partial charge in [0.25, 0.3) is 5.91 Å². The van der Waals surface area contributed by atoms with Crippen molar-refractivity contribution in [3.8, 4) is 0 Å². The van der Waals surface area contributed by atoms with E-state index in [1.807, 2.05) is 0 Å². The molecule has 110 valence electrons. The highest BCUT2D eigenvalue weighted by atomic mass is 32.1. The van der Waals surface area contributed by atoms with Gasteiger partial charge in [-0.05, 0) is 25.1 Å². The maximum absolute atomic E-state index is 12.3. The fourth-order valence-electron chi connectivity index (χ4n) is 1.41. The molecule has 0 aromatic carbocycles. The molecule has 0 radical (unpaired) electrons. The van der Waals surface area contributed by atoms with Crippen LogP contribution < -0.4 is 0 Å². The smallest absolute Gasteiger partial charge is 0.406 e. The van der Waals surface area contributed by atoms with E-state index in [1.165, 1.54) is 25.1 Å². The van der Waals surface area contributed by atoms with E-state index in [9.17, 15) is 22.8 Å². The molecule has 8 heteroatoms. The van der Waals surface area contributed by atoms with E-state index >= 15 is 0 Å². The summed E-state index contributed by atoms with van der Waals surface area (Å²) in [6.45, 7) is 0.0968. The number of amides is 1. The molecule has 1 rings (SSSR count). The molecule has 1 aromatic heterocycles. The normalized spacial score (nSPS) is 11.8. The fraction of sp³-hybridized carbons (Fsp3) is 0.333. The maximum Gasteiger partial charge on any atom is 0.406 e. The van der Waals surface area contributed by atoms with Crippen molar-refractivity contribution in [2.45, 2.75) is 13.1 Å². The van der Waals surface area contributed by atoms with Crippen LogP contribution in [0.15, 0.2) is 18.2 Å². The minimum atomic E-state index is -4.45. The van der Waals surface area contributed by atoms with E-state index in [0.717, 1.165) is 17.4 Å². The second-order valence-electron chi connectivity index (χ2n) is 3.81. The highest BCUT2D eigenvalue weighted by Gasteiger charge is 2.32. The summed E-state index contributed by atoms with van der Waals surface area (Å²) >= 11 is 0.944. The molecule has 0 bridgehead atoms. The van der Waals surface area contributed by atoms with Gasteiger partial charge >= 0.3 is 12.1 Å². The van der Waals surface area contributed by atoms with Gasteiger partial charge < -0.3 is 10.0 Å². The molecule has 0 aliphatic heterocycles. The summed E-state index contributed by atoms with van der Waals surface area (Å²) in [5.74, 6) is -1.86. The predicted octanol–water partition coefficient (Wildman–Crippen LogP) is 2.87. The van der Waals surface area contributed by atoms with Crippen molar-refractivity contribution in [3.05, 3.63) is 28.0 Å². The van der Waals surface area contributed by atoms with Crippen LogP contribution in [0, 0.1) is 0 Å². The predicted molar refractivity (Wildman–Crippen MR) is 68.6 cm³/mol. The fourth-order valence-corrected chi connectivity index (χ4v) is 2.29. The first kappa shape index (κ1) is 16.2. The van der Waals surface area contributed by atoms with Gasteiger partial charge in [0.15, 0.2) is 0 Å². The van der Waals surface area contributed by atoms with Crippen LogP contribution in [0.4, 0.5) is 13.2 Å². The monoisotopic (exact) mass is 307 g/mol. The van der Waals surface area contributed by atoms with Gasteiger partial charge in [-0.25, -0.2) is 4.79 Å². The first-order valence-electron chi connectivity index (χ1n) is 5.60. The van der Waals surface area contributed by atoms with E-state index in [-0.39, 0.29) is 11.4 Å². The number of rotatable bonds is 5. The largest absolute Gasteiger partial charge is 0.478 e. The zero-order valence-electron chi connectivity index (χ0n) is 10.5. The molecule has 1 aromatic rings. The van der Waals surface area contributed by atoms with Crippen LogP contribution in [0.5, 0.6) is 0 Å². The third kappa shape index (κ3) is 5.04. The molecule has 0 saturated carbocycles. The van der Waals surface area contributed by atoms with E-state index in [1.54, 1.807) is 0 Å². The Morgan fingerprint density at radius 1 is 1.40 bits per heavy atom. The average molecular weight is 307 g/mol. The number of hydrogen-bond acceptors (Lipinski definition) is 3. The van der Waals surface area contributed by atoms with E-state index in [0.29, 0.717) is 9.78 Å². The zero-order chi connectivity index (χ0) is 15.3. The molecule has 0 aliphatic rings. The van der Waals surface area contributed by atoms with Crippen molar-refractivity contribution in [1.82, 2.24) is 4.90 Å². The maximum atomic E-state index is 12.3. The van der Waals surface area contributed by atoms with Crippen LogP contribution in [0.3, 0.4) is 0 Å². The standard InChI is InChI=1S/C12H12F3NO3S/c1-2-16(7-12(13,14)15)11(19)9-5-3-8(20-9)4-6-10(17)18/h3-6H,2,7H2,1H3,(H,17,18). The molecule has 0 aliphatic carbocycles. The zero-order valence-corrected chi connectivity index (χ0v) is 11.3. The van der Waals surface area contributed by atoms with Crippen LogP contribution in [0.25, 0.3) is 6.08 Å². The number of hydrogen-bond donors (Lipinski definition) is 1. The van der Waals surface area contributed by atoms with Crippen LogP contribution in [0.2, 0.25) is 0 Å². The summed E-state index contributed by atoms with van der Waals surface area (Å²) in [6.07, 6.45) is -2.27. The lowest BCUT2D eigenvalue weighted by atomic mass is 10.3.